The van der Waals surface area contributed by atoms with Crippen LogP contribution in [-0.4, -0.2) is 16.8 Å². The van der Waals surface area contributed by atoms with Gasteiger partial charge in [-0.1, -0.05) is 30.3 Å². The molecule has 1 atom stereocenters. The maximum Gasteiger partial charge on any atom is 0.256 e. The molecule has 4 heteroatoms. The summed E-state index contributed by atoms with van der Waals surface area (Å²) >= 11 is 0. The molecule has 2 N–H and O–H groups in total. The number of aromatic nitrogens is 1. The molecule has 3 rings (SSSR count). The van der Waals surface area contributed by atoms with Crippen LogP contribution in [0, 0.1) is 0 Å². The first-order chi connectivity index (χ1) is 10.3. The molecule has 112 valence electrons. The lowest BCUT2D eigenvalue weighted by atomic mass is 9.93. The van der Waals surface area contributed by atoms with Crippen molar-refractivity contribution in [2.24, 2.45) is 0 Å². The molecule has 0 amide bonds. The van der Waals surface area contributed by atoms with Gasteiger partial charge in [0.1, 0.15) is 5.76 Å². The Kier molecular flexibility index (Phi) is 4.55. The van der Waals surface area contributed by atoms with Crippen LogP contribution < -0.4 is 5.32 Å². The van der Waals surface area contributed by atoms with E-state index in [1.165, 1.54) is 12.0 Å². The molecule has 0 saturated carbocycles. The Bertz CT molecular complexity index is 565. The van der Waals surface area contributed by atoms with E-state index in [2.05, 4.69) is 40.8 Å². The molecule has 0 spiro atoms. The lowest BCUT2D eigenvalue weighted by Crippen LogP contribution is -2.25. The number of hydrogen-bond donors (Lipinski definition) is 2. The third-order valence-electron chi connectivity index (χ3n) is 4.15. The number of unbranched alkanes of at least 4 members (excludes halogenated alkanes) is 1. The van der Waals surface area contributed by atoms with Crippen LogP contribution in [0.5, 0.6) is 5.88 Å². The Morgan fingerprint density at radius 1 is 1.24 bits per heavy atom. The highest BCUT2D eigenvalue weighted by Gasteiger charge is 2.27. The van der Waals surface area contributed by atoms with E-state index in [1.807, 2.05) is 0 Å². The van der Waals surface area contributed by atoms with Crippen LogP contribution >= 0.6 is 0 Å². The number of nitrogens with one attached hydrogen (secondary N) is 1. The maximum atomic E-state index is 9.77. The fourth-order valence-corrected chi connectivity index (χ4v) is 3.04. The first kappa shape index (κ1) is 14.1. The molecule has 1 heterocycles. The average molecular weight is 286 g/mol. The van der Waals surface area contributed by atoms with E-state index in [0.717, 1.165) is 50.0 Å². The second-order valence-corrected chi connectivity index (χ2v) is 5.68. The van der Waals surface area contributed by atoms with Gasteiger partial charge in [0.05, 0.1) is 5.56 Å². The van der Waals surface area contributed by atoms with Gasteiger partial charge in [0.25, 0.3) is 5.88 Å². The minimum Gasteiger partial charge on any atom is -0.491 e. The van der Waals surface area contributed by atoms with E-state index in [-0.39, 0.29) is 11.9 Å². The van der Waals surface area contributed by atoms with Gasteiger partial charge in [0, 0.05) is 12.5 Å². The molecular formula is C17H22N2O2. The fraction of sp³-hybridized carbons (Fsp3) is 0.471. The zero-order valence-electron chi connectivity index (χ0n) is 12.2. The van der Waals surface area contributed by atoms with Gasteiger partial charge in [0.15, 0.2) is 0 Å². The number of aromatic hydroxyl groups is 1. The molecule has 1 aromatic carbocycles. The van der Waals surface area contributed by atoms with Gasteiger partial charge >= 0.3 is 0 Å². The zero-order valence-corrected chi connectivity index (χ0v) is 12.2. The first-order valence-corrected chi connectivity index (χ1v) is 7.79. The van der Waals surface area contributed by atoms with Crippen molar-refractivity contribution in [2.45, 2.75) is 44.6 Å². The summed E-state index contributed by atoms with van der Waals surface area (Å²) in [7, 11) is 0. The van der Waals surface area contributed by atoms with Gasteiger partial charge in [-0.05, 0) is 49.4 Å². The largest absolute Gasteiger partial charge is 0.491 e. The number of fused-ring (bicyclic) bond motifs is 1. The Labute approximate surface area is 125 Å². The van der Waals surface area contributed by atoms with E-state index in [9.17, 15) is 5.11 Å². The predicted molar refractivity (Wildman–Crippen MR) is 81.2 cm³/mol. The predicted octanol–water partition coefficient (Wildman–Crippen LogP) is 3.37. The van der Waals surface area contributed by atoms with Crippen molar-refractivity contribution in [1.82, 2.24) is 10.5 Å². The summed E-state index contributed by atoms with van der Waals surface area (Å²) in [5, 5.41) is 17.0. The van der Waals surface area contributed by atoms with Crippen LogP contribution in [0.1, 0.15) is 48.6 Å². The third kappa shape index (κ3) is 3.45. The average Bonchev–Trinajstić information content (AvgIpc) is 2.90. The Hall–Kier alpha value is -1.81. The van der Waals surface area contributed by atoms with Crippen LogP contribution in [0.25, 0.3) is 0 Å². The number of rotatable bonds is 6. The van der Waals surface area contributed by atoms with Crippen LogP contribution in [0.15, 0.2) is 34.9 Å². The first-order valence-electron chi connectivity index (χ1n) is 7.79. The summed E-state index contributed by atoms with van der Waals surface area (Å²) in [6.07, 6.45) is 6.44. The summed E-state index contributed by atoms with van der Waals surface area (Å²) < 4.78 is 5.16. The van der Waals surface area contributed by atoms with Crippen molar-refractivity contribution in [3.63, 3.8) is 0 Å². The molecule has 4 nitrogen and oxygen atoms in total. The highest BCUT2D eigenvalue weighted by atomic mass is 16.5. The number of nitrogens with zero attached hydrogens (tertiary/aromatic N) is 1. The molecule has 0 bridgehead atoms. The van der Waals surface area contributed by atoms with E-state index >= 15 is 0 Å². The van der Waals surface area contributed by atoms with Crippen molar-refractivity contribution >= 4 is 0 Å². The van der Waals surface area contributed by atoms with Crippen molar-refractivity contribution in [2.75, 3.05) is 6.54 Å². The van der Waals surface area contributed by atoms with Crippen molar-refractivity contribution in [3.05, 3.63) is 47.2 Å². The van der Waals surface area contributed by atoms with Crippen LogP contribution in [0.3, 0.4) is 0 Å². The molecular weight excluding hydrogens is 264 g/mol. The standard InChI is InChI=1S/C17H22N2O2/c20-17-16-14(10-6-11-15(16)21-19-17)18-12-5-4-9-13-7-2-1-3-8-13/h1-3,7-8,14,18H,4-6,9-12H2,(H,19,20). The maximum absolute atomic E-state index is 9.77. The number of aryl methyl sites for hydroxylation is 2. The molecule has 0 aliphatic heterocycles. The molecule has 1 aromatic heterocycles. The van der Waals surface area contributed by atoms with Gasteiger partial charge in [-0.2, -0.15) is 0 Å². The summed E-state index contributed by atoms with van der Waals surface area (Å²) in [5.74, 6) is 0.909. The molecule has 1 aliphatic carbocycles. The number of hydrogen-bond acceptors (Lipinski definition) is 4. The third-order valence-corrected chi connectivity index (χ3v) is 4.15. The fourth-order valence-electron chi connectivity index (χ4n) is 3.04. The highest BCUT2D eigenvalue weighted by molar-refractivity contribution is 5.32. The molecule has 2 aromatic rings. The molecule has 1 aliphatic rings. The topological polar surface area (TPSA) is 58.3 Å². The SMILES string of the molecule is Oc1noc2c1C(NCCCCc1ccccc1)CCC2. The minimum atomic E-state index is 0.0616. The molecule has 0 fully saturated rings. The van der Waals surface area contributed by atoms with Gasteiger partial charge in [-0.25, -0.2) is 0 Å². The normalized spacial score (nSPS) is 17.6. The minimum absolute atomic E-state index is 0.0616. The molecule has 21 heavy (non-hydrogen) atoms. The smallest absolute Gasteiger partial charge is 0.256 e. The molecule has 0 saturated heterocycles. The van der Waals surface area contributed by atoms with Gasteiger partial charge in [-0.3, -0.25) is 0 Å². The molecule has 1 unspecified atom stereocenters. The van der Waals surface area contributed by atoms with Gasteiger partial charge < -0.3 is 14.9 Å². The summed E-state index contributed by atoms with van der Waals surface area (Å²) in [6.45, 7) is 0.960. The second-order valence-electron chi connectivity index (χ2n) is 5.68. The van der Waals surface area contributed by atoms with Crippen molar-refractivity contribution in [1.29, 1.82) is 0 Å². The van der Waals surface area contributed by atoms with Crippen molar-refractivity contribution < 1.29 is 9.63 Å². The summed E-state index contributed by atoms with van der Waals surface area (Å²) in [4.78, 5) is 0. The van der Waals surface area contributed by atoms with E-state index in [0.29, 0.717) is 0 Å². The monoisotopic (exact) mass is 286 g/mol. The van der Waals surface area contributed by atoms with Crippen LogP contribution in [0.2, 0.25) is 0 Å². The Morgan fingerprint density at radius 2 is 2.10 bits per heavy atom. The number of benzene rings is 1. The van der Waals surface area contributed by atoms with Crippen LogP contribution in [-0.2, 0) is 12.8 Å². The molecule has 0 radical (unpaired) electrons. The van der Waals surface area contributed by atoms with E-state index in [1.54, 1.807) is 0 Å². The van der Waals surface area contributed by atoms with Gasteiger partial charge in [0.2, 0.25) is 0 Å². The van der Waals surface area contributed by atoms with E-state index < -0.39 is 0 Å². The van der Waals surface area contributed by atoms with Gasteiger partial charge in [-0.15, -0.1) is 0 Å². The van der Waals surface area contributed by atoms with Crippen LogP contribution in [0.4, 0.5) is 0 Å². The Balaban J connectivity index is 1.43. The van der Waals surface area contributed by atoms with Crippen molar-refractivity contribution in [3.8, 4) is 5.88 Å². The second kappa shape index (κ2) is 6.76. The Morgan fingerprint density at radius 3 is 2.95 bits per heavy atom. The lowest BCUT2D eigenvalue weighted by Gasteiger charge is -2.22. The van der Waals surface area contributed by atoms with E-state index in [4.69, 9.17) is 4.52 Å². The summed E-state index contributed by atoms with van der Waals surface area (Å²) in [6, 6.07) is 10.8. The quantitative estimate of drug-likeness (QED) is 0.799. The zero-order chi connectivity index (χ0) is 14.5. The lowest BCUT2D eigenvalue weighted by molar-refractivity contribution is 0.336. The summed E-state index contributed by atoms with van der Waals surface area (Å²) in [5.41, 5.74) is 2.28. The highest BCUT2D eigenvalue weighted by Crippen LogP contribution is 2.35.